The summed E-state index contributed by atoms with van der Waals surface area (Å²) in [4.78, 5) is 8.64. The summed E-state index contributed by atoms with van der Waals surface area (Å²) in [6, 6.07) is 7.01. The van der Waals surface area contributed by atoms with Crippen molar-refractivity contribution >= 4 is 36.4 Å². The molecule has 3 nitrogen and oxygen atoms in total. The number of benzene rings is 2. The zero-order valence-electron chi connectivity index (χ0n) is 17.6. The first kappa shape index (κ1) is 22.8. The third kappa shape index (κ3) is 4.31. The van der Waals surface area contributed by atoms with Gasteiger partial charge in [0.15, 0.2) is 5.82 Å². The molecule has 0 spiro atoms. The maximum absolute atomic E-state index is 14.5. The fourth-order valence-electron chi connectivity index (χ4n) is 3.52. The van der Waals surface area contributed by atoms with Crippen LogP contribution in [0, 0.1) is 11.6 Å². The molecule has 168 valence electrons. The molecule has 0 fully saturated rings. The highest BCUT2D eigenvalue weighted by Crippen LogP contribution is 2.37. The van der Waals surface area contributed by atoms with Crippen LogP contribution in [0.2, 0.25) is 0 Å². The topological polar surface area (TPSA) is 37.8 Å². The minimum absolute atomic E-state index is 0.101. The predicted octanol–water partition coefficient (Wildman–Crippen LogP) is 6.68. The Morgan fingerprint density at radius 3 is 2.45 bits per heavy atom. The Morgan fingerprint density at radius 1 is 1.12 bits per heavy atom. The number of nitrogens with one attached hydrogen (secondary N) is 1. The van der Waals surface area contributed by atoms with Gasteiger partial charge in [0.05, 0.1) is 16.6 Å². The Bertz CT molecular complexity index is 1340. The van der Waals surface area contributed by atoms with Crippen molar-refractivity contribution in [2.75, 3.05) is 5.32 Å². The number of nitrogens with zero attached hydrogens (tertiary/aromatic N) is 2. The van der Waals surface area contributed by atoms with Crippen LogP contribution in [0.3, 0.4) is 0 Å². The molecule has 1 aliphatic rings. The average molecular weight is 473 g/mol. The molecule has 2 heterocycles. The van der Waals surface area contributed by atoms with Crippen molar-refractivity contribution in [1.82, 2.24) is 9.97 Å². The van der Waals surface area contributed by atoms with Gasteiger partial charge in [0.2, 0.25) is 0 Å². The molecule has 0 bridgehead atoms. The minimum Gasteiger partial charge on any atom is -0.339 e. The van der Waals surface area contributed by atoms with E-state index in [1.165, 1.54) is 24.3 Å². The first-order valence-electron chi connectivity index (χ1n) is 9.81. The molecule has 0 atom stereocenters. The second-order valence-corrected chi connectivity index (χ2v) is 8.31. The summed E-state index contributed by atoms with van der Waals surface area (Å²) in [6.07, 6.45) is -2.97. The van der Waals surface area contributed by atoms with E-state index < -0.39 is 23.4 Å². The number of hydrogen-bond donors (Lipinski definition) is 1. The lowest BCUT2D eigenvalue weighted by Gasteiger charge is -2.21. The van der Waals surface area contributed by atoms with Crippen molar-refractivity contribution < 1.29 is 22.0 Å². The van der Waals surface area contributed by atoms with Crippen molar-refractivity contribution in [3.63, 3.8) is 0 Å². The molecule has 1 aromatic heterocycles. The van der Waals surface area contributed by atoms with Crippen LogP contribution in [0.5, 0.6) is 0 Å². The summed E-state index contributed by atoms with van der Waals surface area (Å²) in [5.74, 6) is 0.382. The van der Waals surface area contributed by atoms with Crippen molar-refractivity contribution in [3.8, 4) is 11.4 Å². The lowest BCUT2D eigenvalue weighted by Crippen LogP contribution is -2.21. The second kappa shape index (κ2) is 8.52. The predicted molar refractivity (Wildman–Crippen MR) is 123 cm³/mol. The number of aromatic nitrogens is 2. The number of alkyl halides is 3. The monoisotopic (exact) mass is 473 g/mol. The van der Waals surface area contributed by atoms with Gasteiger partial charge in [-0.3, -0.25) is 0 Å². The first-order chi connectivity index (χ1) is 15.6. The highest BCUT2D eigenvalue weighted by Gasteiger charge is 2.34. The Hall–Kier alpha value is -3.38. The Kier molecular flexibility index (Phi) is 5.89. The quantitative estimate of drug-likeness (QED) is 0.260. The first-order valence-corrected chi connectivity index (χ1v) is 10.8. The second-order valence-electron chi connectivity index (χ2n) is 7.35. The average Bonchev–Trinajstić information content (AvgIpc) is 2.71. The third-order valence-corrected chi connectivity index (χ3v) is 6.09. The van der Waals surface area contributed by atoms with Crippen LogP contribution in [0.1, 0.15) is 36.2 Å². The van der Waals surface area contributed by atoms with Gasteiger partial charge in [0.25, 0.3) is 0 Å². The minimum atomic E-state index is -4.58. The summed E-state index contributed by atoms with van der Waals surface area (Å²) in [6.45, 7) is 7.05. The molecule has 0 saturated carbocycles. The van der Waals surface area contributed by atoms with Crippen LogP contribution in [0.4, 0.5) is 27.8 Å². The van der Waals surface area contributed by atoms with Gasteiger partial charge in [-0.05, 0) is 37.3 Å². The van der Waals surface area contributed by atoms with E-state index in [4.69, 9.17) is 0 Å². The molecule has 2 aromatic carbocycles. The molecule has 0 aliphatic carbocycles. The highest BCUT2D eigenvalue weighted by atomic mass is 31.1. The van der Waals surface area contributed by atoms with E-state index in [2.05, 4.69) is 21.9 Å². The smallest absolute Gasteiger partial charge is 0.339 e. The highest BCUT2D eigenvalue weighted by molar-refractivity contribution is 7.51. The summed E-state index contributed by atoms with van der Waals surface area (Å²) in [5, 5.41) is 3.73. The largest absolute Gasteiger partial charge is 0.417 e. The summed E-state index contributed by atoms with van der Waals surface area (Å²) < 4.78 is 69.2. The number of hydrogen-bond acceptors (Lipinski definition) is 3. The van der Waals surface area contributed by atoms with Gasteiger partial charge in [-0.15, -0.1) is 0 Å². The number of halogens is 5. The van der Waals surface area contributed by atoms with Crippen LogP contribution in [-0.4, -0.2) is 15.8 Å². The van der Waals surface area contributed by atoms with Crippen molar-refractivity contribution in [1.29, 1.82) is 0 Å². The Labute approximate surface area is 188 Å². The van der Waals surface area contributed by atoms with Gasteiger partial charge in [-0.1, -0.05) is 39.1 Å². The normalized spacial score (nSPS) is 13.4. The zero-order chi connectivity index (χ0) is 23.9. The van der Waals surface area contributed by atoms with Gasteiger partial charge in [-0.25, -0.2) is 18.7 Å². The van der Waals surface area contributed by atoms with Crippen molar-refractivity contribution in [3.05, 3.63) is 83.1 Å². The van der Waals surface area contributed by atoms with Gasteiger partial charge in [0.1, 0.15) is 17.5 Å². The van der Waals surface area contributed by atoms with E-state index in [0.29, 0.717) is 22.3 Å². The SMILES string of the molecule is C=C(C)c1c(F)cc(F)cc1/C(=C/C)Nc1nc(-c2ccccc2C(F)(F)F)nc2c1P=C2. The number of rotatable bonds is 5. The lowest BCUT2D eigenvalue weighted by molar-refractivity contribution is -0.137. The van der Waals surface area contributed by atoms with Crippen LogP contribution < -0.4 is 10.6 Å². The molecule has 3 aromatic rings. The Morgan fingerprint density at radius 2 is 1.85 bits per heavy atom. The molecule has 9 heteroatoms. The Balaban J connectivity index is 1.82. The van der Waals surface area contributed by atoms with Gasteiger partial charge in [0, 0.05) is 28.5 Å². The van der Waals surface area contributed by atoms with E-state index in [1.54, 1.807) is 25.7 Å². The zero-order valence-corrected chi connectivity index (χ0v) is 18.5. The van der Waals surface area contributed by atoms with Crippen molar-refractivity contribution in [2.24, 2.45) is 0 Å². The molecule has 0 saturated heterocycles. The molecule has 0 amide bonds. The number of allylic oxidation sites excluding steroid dienone is 2. The maximum atomic E-state index is 14.5. The number of anilines is 1. The van der Waals surface area contributed by atoms with Crippen LogP contribution in [0.15, 0.2) is 49.1 Å². The summed E-state index contributed by atoms with van der Waals surface area (Å²) in [5.41, 5.74) is 0.589. The molecule has 0 unspecified atom stereocenters. The van der Waals surface area contributed by atoms with Crippen molar-refractivity contribution in [2.45, 2.75) is 20.0 Å². The standard InChI is InChI=1S/C24H17F5N3P/c1-4-18(15-9-13(25)10-17(26)20(15)12(2)3)30-23-21-19(11-33-21)31-22(32-23)14-7-5-6-8-16(14)24(27,28)29/h4-11H,2H2,1,3H3,(H,30,31,32)/b18-4-. The van der Waals surface area contributed by atoms with Gasteiger partial charge < -0.3 is 5.32 Å². The molecule has 1 N–H and O–H groups in total. The molecular weight excluding hydrogens is 456 g/mol. The van der Waals surface area contributed by atoms with Gasteiger partial charge in [-0.2, -0.15) is 13.2 Å². The fourth-order valence-corrected chi connectivity index (χ4v) is 4.23. The molecule has 4 rings (SSSR count). The summed E-state index contributed by atoms with van der Waals surface area (Å²) >= 11 is 0. The van der Waals surface area contributed by atoms with E-state index in [1.807, 2.05) is 0 Å². The molecule has 0 radical (unpaired) electrons. The summed E-state index contributed by atoms with van der Waals surface area (Å²) in [7, 11) is 0.779. The van der Waals surface area contributed by atoms with Gasteiger partial charge >= 0.3 is 6.18 Å². The lowest BCUT2D eigenvalue weighted by atomic mass is 9.98. The van der Waals surface area contributed by atoms with E-state index in [0.717, 1.165) is 20.3 Å². The van der Waals surface area contributed by atoms with Crippen LogP contribution in [0.25, 0.3) is 22.7 Å². The van der Waals surface area contributed by atoms with Crippen LogP contribution >= 0.6 is 8.20 Å². The fraction of sp³-hybridized carbons (Fsp3) is 0.125. The molecular formula is C24H17F5N3P. The van der Waals surface area contributed by atoms with E-state index in [9.17, 15) is 22.0 Å². The van der Waals surface area contributed by atoms with E-state index >= 15 is 0 Å². The van der Waals surface area contributed by atoms with Crippen LogP contribution in [-0.2, 0) is 6.18 Å². The molecule has 1 aliphatic heterocycles. The third-order valence-electron chi connectivity index (χ3n) is 5.01. The number of fused-ring (bicyclic) bond motifs is 1. The molecule has 33 heavy (non-hydrogen) atoms. The van der Waals surface area contributed by atoms with E-state index in [-0.39, 0.29) is 28.3 Å². The maximum Gasteiger partial charge on any atom is 0.417 e.